The molecule has 0 saturated carbocycles. The Bertz CT molecular complexity index is 1270. The quantitative estimate of drug-likeness (QED) is 0.282. The van der Waals surface area contributed by atoms with Gasteiger partial charge in [-0.2, -0.15) is 5.10 Å². The Labute approximate surface area is 188 Å². The van der Waals surface area contributed by atoms with Gasteiger partial charge in [-0.15, -0.1) is 0 Å². The summed E-state index contributed by atoms with van der Waals surface area (Å²) < 4.78 is 14.2. The summed E-state index contributed by atoms with van der Waals surface area (Å²) in [6, 6.07) is 17.2. The summed E-state index contributed by atoms with van der Waals surface area (Å²) in [5.74, 6) is 0.507. The van der Waals surface area contributed by atoms with Gasteiger partial charge in [0.05, 0.1) is 12.8 Å². The van der Waals surface area contributed by atoms with Crippen LogP contribution in [0.15, 0.2) is 68.6 Å². The Kier molecular flexibility index (Phi) is 5.95. The van der Waals surface area contributed by atoms with E-state index in [4.69, 9.17) is 9.15 Å². The summed E-state index contributed by atoms with van der Waals surface area (Å²) in [5.41, 5.74) is 7.19. The molecule has 1 N–H and O–H groups in total. The van der Waals surface area contributed by atoms with Crippen LogP contribution in [0.4, 0.5) is 0 Å². The van der Waals surface area contributed by atoms with Crippen LogP contribution < -0.4 is 10.2 Å². The topological polar surface area (TPSA) is 68.8 Å². The minimum Gasteiger partial charge on any atom is -0.494 e. The number of hydrogen-bond donors (Lipinski definition) is 1. The van der Waals surface area contributed by atoms with Gasteiger partial charge in [0, 0.05) is 32.5 Å². The second kappa shape index (κ2) is 8.81. The van der Waals surface area contributed by atoms with Crippen molar-refractivity contribution in [2.75, 3.05) is 6.61 Å². The van der Waals surface area contributed by atoms with E-state index >= 15 is 0 Å². The molecular formula is C24H22BrN3O3. The molecule has 1 amide bonds. The molecule has 0 spiro atoms. The summed E-state index contributed by atoms with van der Waals surface area (Å²) >= 11 is 3.65. The molecule has 2 aromatic heterocycles. The molecule has 0 saturated heterocycles. The van der Waals surface area contributed by atoms with E-state index < -0.39 is 5.91 Å². The first-order valence-electron chi connectivity index (χ1n) is 9.92. The first-order chi connectivity index (χ1) is 15.0. The van der Waals surface area contributed by atoms with Gasteiger partial charge in [-0.3, -0.25) is 4.79 Å². The van der Waals surface area contributed by atoms with E-state index in [1.807, 2.05) is 63.2 Å². The number of halogens is 1. The van der Waals surface area contributed by atoms with Crippen molar-refractivity contribution < 1.29 is 13.9 Å². The molecule has 0 atom stereocenters. The minimum absolute atomic E-state index is 0.189. The molecule has 0 aliphatic carbocycles. The van der Waals surface area contributed by atoms with Crippen molar-refractivity contribution in [2.45, 2.75) is 20.8 Å². The second-order valence-electron chi connectivity index (χ2n) is 7.01. The standard InChI is InChI=1S/C24H22BrN3O3/c1-4-30-19-10-11-21-17(12-19)13-22(31-21)24(29)27-26-14-20-15(2)28(16(3)23(20)25)18-8-6-5-7-9-18/h5-14H,4H2,1-3H3,(H,27,29)/b26-14+. The normalized spacial score (nSPS) is 11.4. The number of benzene rings is 2. The largest absolute Gasteiger partial charge is 0.494 e. The van der Waals surface area contributed by atoms with Crippen molar-refractivity contribution in [3.8, 4) is 11.4 Å². The molecule has 7 heteroatoms. The highest BCUT2D eigenvalue weighted by Crippen LogP contribution is 2.29. The molecule has 0 unspecified atom stereocenters. The lowest BCUT2D eigenvalue weighted by Gasteiger charge is -2.08. The van der Waals surface area contributed by atoms with Gasteiger partial charge in [0.25, 0.3) is 0 Å². The predicted molar refractivity (Wildman–Crippen MR) is 125 cm³/mol. The highest BCUT2D eigenvalue weighted by atomic mass is 79.9. The Balaban J connectivity index is 1.54. The lowest BCUT2D eigenvalue weighted by atomic mass is 10.2. The smallest absolute Gasteiger partial charge is 0.307 e. The monoisotopic (exact) mass is 479 g/mol. The maximum absolute atomic E-state index is 12.5. The molecule has 31 heavy (non-hydrogen) atoms. The van der Waals surface area contributed by atoms with Crippen LogP contribution in [-0.4, -0.2) is 23.3 Å². The van der Waals surface area contributed by atoms with E-state index in [1.54, 1.807) is 18.3 Å². The van der Waals surface area contributed by atoms with Crippen LogP contribution in [0.3, 0.4) is 0 Å². The van der Waals surface area contributed by atoms with Crippen LogP contribution >= 0.6 is 15.9 Å². The SMILES string of the molecule is CCOc1ccc2oc(C(=O)N/N=C/c3c(Br)c(C)n(-c4ccccc4)c3C)cc2c1. The Morgan fingerprint density at radius 3 is 2.68 bits per heavy atom. The van der Waals surface area contributed by atoms with Crippen molar-refractivity contribution in [3.63, 3.8) is 0 Å². The molecule has 0 aliphatic rings. The zero-order chi connectivity index (χ0) is 22.0. The zero-order valence-corrected chi connectivity index (χ0v) is 19.1. The van der Waals surface area contributed by atoms with E-state index in [9.17, 15) is 4.79 Å². The number of amides is 1. The third kappa shape index (κ3) is 4.14. The fourth-order valence-electron chi connectivity index (χ4n) is 3.54. The van der Waals surface area contributed by atoms with Gasteiger partial charge < -0.3 is 13.7 Å². The van der Waals surface area contributed by atoms with E-state index in [1.165, 1.54) is 0 Å². The molecule has 0 radical (unpaired) electrons. The van der Waals surface area contributed by atoms with Crippen molar-refractivity contribution >= 4 is 39.0 Å². The first-order valence-corrected chi connectivity index (χ1v) is 10.7. The summed E-state index contributed by atoms with van der Waals surface area (Å²) in [7, 11) is 0. The van der Waals surface area contributed by atoms with E-state index in [0.717, 1.165) is 38.2 Å². The van der Waals surface area contributed by atoms with E-state index in [-0.39, 0.29) is 5.76 Å². The van der Waals surface area contributed by atoms with Crippen molar-refractivity contribution in [3.05, 3.63) is 81.8 Å². The van der Waals surface area contributed by atoms with Crippen LogP contribution in [0.1, 0.15) is 34.4 Å². The number of ether oxygens (including phenoxy) is 1. The molecular weight excluding hydrogens is 458 g/mol. The Morgan fingerprint density at radius 2 is 1.94 bits per heavy atom. The first kappa shape index (κ1) is 20.9. The fraction of sp³-hybridized carbons (Fsp3) is 0.167. The van der Waals surface area contributed by atoms with Crippen LogP contribution in [0, 0.1) is 13.8 Å². The molecule has 2 aromatic carbocycles. The van der Waals surface area contributed by atoms with Gasteiger partial charge in [-0.1, -0.05) is 18.2 Å². The lowest BCUT2D eigenvalue weighted by Crippen LogP contribution is -2.16. The number of furan rings is 1. The van der Waals surface area contributed by atoms with Crippen molar-refractivity contribution in [2.24, 2.45) is 5.10 Å². The maximum Gasteiger partial charge on any atom is 0.307 e. The number of nitrogens with one attached hydrogen (secondary N) is 1. The number of fused-ring (bicyclic) bond motifs is 1. The third-order valence-electron chi connectivity index (χ3n) is 5.01. The predicted octanol–water partition coefficient (Wildman–Crippen LogP) is 5.77. The lowest BCUT2D eigenvalue weighted by molar-refractivity contribution is 0.0929. The van der Waals surface area contributed by atoms with Crippen molar-refractivity contribution in [1.29, 1.82) is 0 Å². The summed E-state index contributed by atoms with van der Waals surface area (Å²) in [6.45, 7) is 6.55. The molecule has 0 fully saturated rings. The van der Waals surface area contributed by atoms with E-state index in [2.05, 4.69) is 31.0 Å². The van der Waals surface area contributed by atoms with Crippen LogP contribution in [0.5, 0.6) is 5.75 Å². The highest BCUT2D eigenvalue weighted by molar-refractivity contribution is 9.10. The number of rotatable bonds is 6. The van der Waals surface area contributed by atoms with E-state index in [0.29, 0.717) is 12.2 Å². The Hall–Kier alpha value is -3.32. The Morgan fingerprint density at radius 1 is 1.16 bits per heavy atom. The summed E-state index contributed by atoms with van der Waals surface area (Å²) in [6.07, 6.45) is 1.64. The number of aromatic nitrogens is 1. The second-order valence-corrected chi connectivity index (χ2v) is 7.80. The van der Waals surface area contributed by atoms with Crippen LogP contribution in [0.25, 0.3) is 16.7 Å². The number of carbonyl (C=O) groups excluding carboxylic acids is 1. The number of hydrogen-bond acceptors (Lipinski definition) is 4. The number of carbonyl (C=O) groups is 1. The molecule has 2 heterocycles. The van der Waals surface area contributed by atoms with Crippen LogP contribution in [-0.2, 0) is 0 Å². The molecule has 0 aliphatic heterocycles. The molecule has 0 bridgehead atoms. The molecule has 4 rings (SSSR count). The average Bonchev–Trinajstić information content (AvgIpc) is 3.29. The fourth-order valence-corrected chi connectivity index (χ4v) is 4.11. The van der Waals surface area contributed by atoms with Gasteiger partial charge in [0.2, 0.25) is 0 Å². The zero-order valence-electron chi connectivity index (χ0n) is 17.5. The number of para-hydroxylation sites is 1. The molecule has 158 valence electrons. The summed E-state index contributed by atoms with van der Waals surface area (Å²) in [5, 5.41) is 4.95. The van der Waals surface area contributed by atoms with Gasteiger partial charge in [0.15, 0.2) is 5.76 Å². The van der Waals surface area contributed by atoms with Gasteiger partial charge >= 0.3 is 5.91 Å². The average molecular weight is 480 g/mol. The van der Waals surface area contributed by atoms with Gasteiger partial charge in [-0.05, 0) is 73.1 Å². The highest BCUT2D eigenvalue weighted by Gasteiger charge is 2.16. The van der Waals surface area contributed by atoms with Gasteiger partial charge in [-0.25, -0.2) is 5.43 Å². The minimum atomic E-state index is -0.418. The maximum atomic E-state index is 12.5. The van der Waals surface area contributed by atoms with Gasteiger partial charge in [0.1, 0.15) is 11.3 Å². The number of hydrazone groups is 1. The summed E-state index contributed by atoms with van der Waals surface area (Å²) in [4.78, 5) is 12.5. The molecule has 6 nitrogen and oxygen atoms in total. The molecule has 4 aromatic rings. The number of nitrogens with zero attached hydrogens (tertiary/aromatic N) is 2. The van der Waals surface area contributed by atoms with Crippen molar-refractivity contribution in [1.82, 2.24) is 9.99 Å². The third-order valence-corrected chi connectivity index (χ3v) is 6.01. The van der Waals surface area contributed by atoms with Crippen LogP contribution in [0.2, 0.25) is 0 Å².